The van der Waals surface area contributed by atoms with Gasteiger partial charge in [-0.1, -0.05) is 17.8 Å². The minimum absolute atomic E-state index is 0.0526. The van der Waals surface area contributed by atoms with E-state index in [9.17, 15) is 4.79 Å². The topological polar surface area (TPSA) is 68.0 Å². The lowest BCUT2D eigenvalue weighted by molar-refractivity contribution is 0.0911. The molecule has 24 heavy (non-hydrogen) atoms. The first-order valence-corrected chi connectivity index (χ1v) is 9.39. The molecule has 1 amide bonds. The standard InChI is InChI=1S/C17H17N3O2S2/c1-12(10-14-4-2-9-23-14)20-16(21)15-6-5-13(22-15)11-24-17-18-7-3-8-19-17/h2-9,12H,10-11H2,1H3,(H,20,21)/t12-/m1/s1. The molecule has 0 aliphatic heterocycles. The van der Waals surface area contributed by atoms with Crippen molar-refractivity contribution < 1.29 is 9.21 Å². The molecule has 0 aliphatic rings. The van der Waals surface area contributed by atoms with E-state index in [1.807, 2.05) is 24.4 Å². The number of amides is 1. The van der Waals surface area contributed by atoms with Gasteiger partial charge in [0, 0.05) is 29.7 Å². The van der Waals surface area contributed by atoms with Crippen molar-refractivity contribution >= 4 is 29.0 Å². The molecule has 1 atom stereocenters. The summed E-state index contributed by atoms with van der Waals surface area (Å²) in [6.45, 7) is 1.99. The molecular weight excluding hydrogens is 342 g/mol. The highest BCUT2D eigenvalue weighted by Crippen LogP contribution is 2.20. The number of hydrogen-bond donors (Lipinski definition) is 1. The molecule has 0 saturated carbocycles. The van der Waals surface area contributed by atoms with Crippen LogP contribution in [0.5, 0.6) is 0 Å². The van der Waals surface area contributed by atoms with Gasteiger partial charge >= 0.3 is 0 Å². The van der Waals surface area contributed by atoms with Gasteiger partial charge in [-0.2, -0.15) is 0 Å². The van der Waals surface area contributed by atoms with Gasteiger partial charge < -0.3 is 9.73 Å². The fraction of sp³-hybridized carbons (Fsp3) is 0.235. The summed E-state index contributed by atoms with van der Waals surface area (Å²) in [5.74, 6) is 1.45. The first-order valence-electron chi connectivity index (χ1n) is 7.52. The average Bonchev–Trinajstić information content (AvgIpc) is 3.25. The average molecular weight is 359 g/mol. The van der Waals surface area contributed by atoms with Gasteiger partial charge in [-0.05, 0) is 36.6 Å². The first-order chi connectivity index (χ1) is 11.7. The third-order valence-electron chi connectivity index (χ3n) is 3.24. The molecular formula is C17H17N3O2S2. The Bertz CT molecular complexity index is 772. The Kier molecular flexibility index (Phi) is 5.66. The molecule has 3 aromatic rings. The number of rotatable bonds is 7. The number of carbonyl (C=O) groups is 1. The van der Waals surface area contributed by atoms with Crippen LogP contribution in [0.2, 0.25) is 0 Å². The summed E-state index contributed by atoms with van der Waals surface area (Å²) < 4.78 is 5.62. The summed E-state index contributed by atoms with van der Waals surface area (Å²) in [7, 11) is 0. The van der Waals surface area contributed by atoms with Crippen LogP contribution >= 0.6 is 23.1 Å². The quantitative estimate of drug-likeness (QED) is 0.513. The van der Waals surface area contributed by atoms with Crippen LogP contribution in [0, 0.1) is 0 Å². The van der Waals surface area contributed by atoms with Crippen LogP contribution < -0.4 is 5.32 Å². The lowest BCUT2D eigenvalue weighted by Crippen LogP contribution is -2.33. The van der Waals surface area contributed by atoms with Crippen LogP contribution in [-0.2, 0) is 12.2 Å². The third kappa shape index (κ3) is 4.69. The zero-order valence-electron chi connectivity index (χ0n) is 13.1. The molecule has 124 valence electrons. The van der Waals surface area contributed by atoms with Gasteiger partial charge in [0.05, 0.1) is 5.75 Å². The van der Waals surface area contributed by atoms with E-state index >= 15 is 0 Å². The van der Waals surface area contributed by atoms with Gasteiger partial charge in [0.1, 0.15) is 5.76 Å². The predicted molar refractivity (Wildman–Crippen MR) is 95.3 cm³/mol. The molecule has 5 nitrogen and oxygen atoms in total. The molecule has 1 N–H and O–H groups in total. The molecule has 0 unspecified atom stereocenters. The van der Waals surface area contributed by atoms with Crippen LogP contribution in [-0.4, -0.2) is 21.9 Å². The highest BCUT2D eigenvalue weighted by atomic mass is 32.2. The number of thiophene rings is 1. The van der Waals surface area contributed by atoms with E-state index in [-0.39, 0.29) is 11.9 Å². The molecule has 3 rings (SSSR count). The summed E-state index contributed by atoms with van der Waals surface area (Å²) in [5.41, 5.74) is 0. The second-order valence-electron chi connectivity index (χ2n) is 5.24. The van der Waals surface area contributed by atoms with E-state index in [0.717, 1.165) is 12.2 Å². The van der Waals surface area contributed by atoms with Crippen molar-refractivity contribution in [1.29, 1.82) is 0 Å². The summed E-state index contributed by atoms with van der Waals surface area (Å²) in [5, 5.41) is 5.69. The number of nitrogens with one attached hydrogen (secondary N) is 1. The molecule has 3 heterocycles. The lowest BCUT2D eigenvalue weighted by atomic mass is 10.2. The van der Waals surface area contributed by atoms with E-state index in [4.69, 9.17) is 4.42 Å². The second-order valence-corrected chi connectivity index (χ2v) is 7.22. The third-order valence-corrected chi connectivity index (χ3v) is 5.03. The molecule has 0 radical (unpaired) electrons. The van der Waals surface area contributed by atoms with E-state index in [0.29, 0.717) is 16.7 Å². The maximum Gasteiger partial charge on any atom is 0.287 e. The molecule has 0 bridgehead atoms. The lowest BCUT2D eigenvalue weighted by Gasteiger charge is -2.11. The van der Waals surface area contributed by atoms with Gasteiger partial charge in [0.25, 0.3) is 5.91 Å². The van der Waals surface area contributed by atoms with Crippen molar-refractivity contribution in [3.05, 3.63) is 64.5 Å². The van der Waals surface area contributed by atoms with Crippen molar-refractivity contribution in [2.75, 3.05) is 0 Å². The van der Waals surface area contributed by atoms with Crippen molar-refractivity contribution in [2.45, 2.75) is 30.3 Å². The highest BCUT2D eigenvalue weighted by Gasteiger charge is 2.15. The van der Waals surface area contributed by atoms with Crippen molar-refractivity contribution in [1.82, 2.24) is 15.3 Å². The Morgan fingerprint density at radius 2 is 2.12 bits per heavy atom. The summed E-state index contributed by atoms with van der Waals surface area (Å²) >= 11 is 3.16. The predicted octanol–water partition coefficient (Wildman–Crippen LogP) is 3.78. The Labute approximate surface area is 148 Å². The van der Waals surface area contributed by atoms with Crippen LogP contribution in [0.1, 0.15) is 28.1 Å². The Balaban J connectivity index is 1.51. The normalized spacial score (nSPS) is 12.0. The van der Waals surface area contributed by atoms with Crippen LogP contribution in [0.25, 0.3) is 0 Å². The minimum Gasteiger partial charge on any atom is -0.455 e. The van der Waals surface area contributed by atoms with Crippen LogP contribution in [0.3, 0.4) is 0 Å². The molecule has 0 aromatic carbocycles. The zero-order chi connectivity index (χ0) is 16.8. The Morgan fingerprint density at radius 1 is 1.29 bits per heavy atom. The van der Waals surface area contributed by atoms with E-state index in [1.54, 1.807) is 35.9 Å². The summed E-state index contributed by atoms with van der Waals surface area (Å²) in [4.78, 5) is 21.8. The number of carbonyl (C=O) groups excluding carboxylic acids is 1. The molecule has 0 spiro atoms. The summed E-state index contributed by atoms with van der Waals surface area (Å²) in [6.07, 6.45) is 4.22. The van der Waals surface area contributed by atoms with Gasteiger partial charge in [-0.25, -0.2) is 9.97 Å². The van der Waals surface area contributed by atoms with Gasteiger partial charge in [0.2, 0.25) is 0 Å². The minimum atomic E-state index is -0.189. The monoisotopic (exact) mass is 359 g/mol. The highest BCUT2D eigenvalue weighted by molar-refractivity contribution is 7.98. The first kappa shape index (κ1) is 16.7. The van der Waals surface area contributed by atoms with Crippen LogP contribution in [0.15, 0.2) is 57.7 Å². The molecule has 0 fully saturated rings. The number of hydrogen-bond acceptors (Lipinski definition) is 6. The van der Waals surface area contributed by atoms with E-state index in [1.165, 1.54) is 16.6 Å². The largest absolute Gasteiger partial charge is 0.455 e. The van der Waals surface area contributed by atoms with Gasteiger partial charge in [-0.15, -0.1) is 11.3 Å². The molecule has 0 aliphatic carbocycles. The van der Waals surface area contributed by atoms with E-state index in [2.05, 4.69) is 21.4 Å². The van der Waals surface area contributed by atoms with Gasteiger partial charge in [0.15, 0.2) is 10.9 Å². The number of furan rings is 1. The van der Waals surface area contributed by atoms with Crippen LogP contribution in [0.4, 0.5) is 0 Å². The Morgan fingerprint density at radius 3 is 2.88 bits per heavy atom. The van der Waals surface area contributed by atoms with Crippen molar-refractivity contribution in [2.24, 2.45) is 0 Å². The number of thioether (sulfide) groups is 1. The smallest absolute Gasteiger partial charge is 0.287 e. The number of aromatic nitrogens is 2. The Hall–Kier alpha value is -2.12. The number of nitrogens with zero attached hydrogens (tertiary/aromatic N) is 2. The fourth-order valence-electron chi connectivity index (χ4n) is 2.15. The maximum atomic E-state index is 12.2. The molecule has 3 aromatic heterocycles. The molecule has 0 saturated heterocycles. The zero-order valence-corrected chi connectivity index (χ0v) is 14.8. The molecule has 7 heteroatoms. The van der Waals surface area contributed by atoms with Crippen molar-refractivity contribution in [3.63, 3.8) is 0 Å². The maximum absolute atomic E-state index is 12.2. The van der Waals surface area contributed by atoms with Gasteiger partial charge in [-0.3, -0.25) is 4.79 Å². The summed E-state index contributed by atoms with van der Waals surface area (Å²) in [6, 6.07) is 9.43. The second kappa shape index (κ2) is 8.12. The fourth-order valence-corrected chi connectivity index (χ4v) is 3.68. The van der Waals surface area contributed by atoms with Crippen molar-refractivity contribution in [3.8, 4) is 0 Å². The SMILES string of the molecule is C[C@H](Cc1cccs1)NC(=O)c1ccc(CSc2ncccn2)o1. The van der Waals surface area contributed by atoms with E-state index < -0.39 is 0 Å².